The molecule has 0 aliphatic carbocycles. The van der Waals surface area contributed by atoms with E-state index in [0.717, 1.165) is 22.2 Å². The SMILES string of the molecule is Cc1csc(NC(=O)[C@H](N)Cc2c[nH]c3ccccc23)n1. The van der Waals surface area contributed by atoms with Crippen LogP contribution in [-0.2, 0) is 11.2 Å². The third-order valence-corrected chi connectivity index (χ3v) is 4.18. The predicted molar refractivity (Wildman–Crippen MR) is 85.5 cm³/mol. The number of anilines is 1. The normalized spacial score (nSPS) is 12.5. The van der Waals surface area contributed by atoms with E-state index in [-0.39, 0.29) is 5.91 Å². The number of aryl methyl sites for hydroxylation is 1. The minimum absolute atomic E-state index is 0.213. The number of fused-ring (bicyclic) bond motifs is 1. The van der Waals surface area contributed by atoms with Crippen molar-refractivity contribution in [3.63, 3.8) is 0 Å². The Morgan fingerprint density at radius 1 is 1.48 bits per heavy atom. The third kappa shape index (κ3) is 2.96. The van der Waals surface area contributed by atoms with Gasteiger partial charge in [0.1, 0.15) is 0 Å². The van der Waals surface area contributed by atoms with Crippen molar-refractivity contribution in [2.24, 2.45) is 5.73 Å². The molecule has 0 unspecified atom stereocenters. The highest BCUT2D eigenvalue weighted by Gasteiger charge is 2.17. The van der Waals surface area contributed by atoms with Crippen LogP contribution in [0.1, 0.15) is 11.3 Å². The Morgan fingerprint density at radius 3 is 3.05 bits per heavy atom. The molecule has 0 aliphatic heterocycles. The maximum absolute atomic E-state index is 12.1. The van der Waals surface area contributed by atoms with Gasteiger partial charge in [0, 0.05) is 22.5 Å². The second-order valence-corrected chi connectivity index (χ2v) is 5.81. The van der Waals surface area contributed by atoms with Crippen molar-refractivity contribution >= 4 is 33.3 Å². The zero-order valence-electron chi connectivity index (χ0n) is 11.6. The van der Waals surface area contributed by atoms with Crippen LogP contribution in [0.25, 0.3) is 10.9 Å². The summed E-state index contributed by atoms with van der Waals surface area (Å²) in [4.78, 5) is 19.5. The molecule has 1 aromatic carbocycles. The molecule has 108 valence electrons. The highest BCUT2D eigenvalue weighted by molar-refractivity contribution is 7.13. The maximum Gasteiger partial charge on any atom is 0.243 e. The molecule has 0 saturated carbocycles. The molecule has 0 radical (unpaired) electrons. The van der Waals surface area contributed by atoms with E-state index in [1.807, 2.05) is 42.8 Å². The van der Waals surface area contributed by atoms with Gasteiger partial charge in [-0.25, -0.2) is 4.98 Å². The van der Waals surface area contributed by atoms with Crippen molar-refractivity contribution in [2.75, 3.05) is 5.32 Å². The highest BCUT2D eigenvalue weighted by Crippen LogP contribution is 2.19. The van der Waals surface area contributed by atoms with Crippen LogP contribution in [0.3, 0.4) is 0 Å². The number of rotatable bonds is 4. The standard InChI is InChI=1S/C15H16N4OS/c1-9-8-21-15(18-9)19-14(20)12(16)6-10-7-17-13-5-3-2-4-11(10)13/h2-5,7-8,12,17H,6,16H2,1H3,(H,18,19,20)/t12-/m1/s1. The fraction of sp³-hybridized carbons (Fsp3) is 0.200. The Bertz CT molecular complexity index is 777. The maximum atomic E-state index is 12.1. The van der Waals surface area contributed by atoms with Crippen molar-refractivity contribution in [1.29, 1.82) is 0 Å². The van der Waals surface area contributed by atoms with Crippen LogP contribution in [0.15, 0.2) is 35.8 Å². The molecule has 6 heteroatoms. The molecule has 0 bridgehead atoms. The van der Waals surface area contributed by atoms with Crippen LogP contribution in [0.5, 0.6) is 0 Å². The summed E-state index contributed by atoms with van der Waals surface area (Å²) >= 11 is 1.40. The third-order valence-electron chi connectivity index (χ3n) is 3.30. The van der Waals surface area contributed by atoms with Crippen molar-refractivity contribution in [2.45, 2.75) is 19.4 Å². The topological polar surface area (TPSA) is 83.8 Å². The number of thiazole rings is 1. The van der Waals surface area contributed by atoms with Crippen LogP contribution >= 0.6 is 11.3 Å². The van der Waals surface area contributed by atoms with Crippen LogP contribution in [-0.4, -0.2) is 21.9 Å². The van der Waals surface area contributed by atoms with Gasteiger partial charge in [-0.2, -0.15) is 0 Å². The van der Waals surface area contributed by atoms with Gasteiger partial charge in [-0.05, 0) is 25.0 Å². The molecule has 3 aromatic rings. The number of nitrogens with zero attached hydrogens (tertiary/aromatic N) is 1. The molecule has 5 nitrogen and oxygen atoms in total. The van der Waals surface area contributed by atoms with Gasteiger partial charge in [-0.3, -0.25) is 4.79 Å². The van der Waals surface area contributed by atoms with Crippen molar-refractivity contribution in [3.8, 4) is 0 Å². The fourth-order valence-electron chi connectivity index (χ4n) is 2.24. The smallest absolute Gasteiger partial charge is 0.243 e. The zero-order chi connectivity index (χ0) is 14.8. The van der Waals surface area contributed by atoms with Gasteiger partial charge < -0.3 is 16.0 Å². The number of para-hydroxylation sites is 1. The van der Waals surface area contributed by atoms with Crippen molar-refractivity contribution in [1.82, 2.24) is 9.97 Å². The van der Waals surface area contributed by atoms with Gasteiger partial charge in [-0.1, -0.05) is 18.2 Å². The summed E-state index contributed by atoms with van der Waals surface area (Å²) in [5.41, 5.74) is 8.99. The van der Waals surface area contributed by atoms with E-state index in [2.05, 4.69) is 15.3 Å². The molecule has 0 spiro atoms. The lowest BCUT2D eigenvalue weighted by atomic mass is 10.1. The molecule has 2 aromatic heterocycles. The number of carbonyl (C=O) groups is 1. The highest BCUT2D eigenvalue weighted by atomic mass is 32.1. The average molecular weight is 300 g/mol. The summed E-state index contributed by atoms with van der Waals surface area (Å²) in [5.74, 6) is -0.213. The van der Waals surface area contributed by atoms with Crippen LogP contribution in [0.2, 0.25) is 0 Å². The average Bonchev–Trinajstić information content (AvgIpc) is 3.06. The Hall–Kier alpha value is -2.18. The lowest BCUT2D eigenvalue weighted by Crippen LogP contribution is -2.37. The first kappa shape index (κ1) is 13.8. The number of hydrogen-bond donors (Lipinski definition) is 3. The molecule has 21 heavy (non-hydrogen) atoms. The Balaban J connectivity index is 1.70. The minimum Gasteiger partial charge on any atom is -0.361 e. The van der Waals surface area contributed by atoms with Crippen LogP contribution in [0.4, 0.5) is 5.13 Å². The lowest BCUT2D eigenvalue weighted by molar-refractivity contribution is -0.117. The quantitative estimate of drug-likeness (QED) is 0.692. The van der Waals surface area contributed by atoms with Crippen molar-refractivity contribution in [3.05, 3.63) is 47.1 Å². The van der Waals surface area contributed by atoms with Crippen LogP contribution < -0.4 is 11.1 Å². The number of aromatic nitrogens is 2. The summed E-state index contributed by atoms with van der Waals surface area (Å²) in [6, 6.07) is 7.37. The summed E-state index contributed by atoms with van der Waals surface area (Å²) in [6.45, 7) is 1.89. The first-order valence-electron chi connectivity index (χ1n) is 6.67. The van der Waals surface area contributed by atoms with E-state index < -0.39 is 6.04 Å². The van der Waals surface area contributed by atoms with Gasteiger partial charge in [0.05, 0.1) is 11.7 Å². The molecule has 0 saturated heterocycles. The molecule has 2 heterocycles. The zero-order valence-corrected chi connectivity index (χ0v) is 12.4. The van der Waals surface area contributed by atoms with E-state index in [4.69, 9.17) is 5.73 Å². The molecule has 0 fully saturated rings. The Labute approximate surface area is 126 Å². The molecular formula is C15H16N4OS. The van der Waals surface area contributed by atoms with E-state index in [9.17, 15) is 4.79 Å². The number of benzene rings is 1. The number of nitrogens with one attached hydrogen (secondary N) is 2. The number of aromatic amines is 1. The molecule has 3 rings (SSSR count). The Morgan fingerprint density at radius 2 is 2.29 bits per heavy atom. The minimum atomic E-state index is -0.603. The first-order valence-corrected chi connectivity index (χ1v) is 7.55. The van der Waals surface area contributed by atoms with Gasteiger partial charge in [-0.15, -0.1) is 11.3 Å². The molecule has 1 atom stereocenters. The number of hydrogen-bond acceptors (Lipinski definition) is 4. The molecular weight excluding hydrogens is 284 g/mol. The van der Waals surface area contributed by atoms with Gasteiger partial charge in [0.15, 0.2) is 5.13 Å². The fourth-order valence-corrected chi connectivity index (χ4v) is 2.93. The van der Waals surface area contributed by atoms with E-state index in [1.54, 1.807) is 0 Å². The van der Waals surface area contributed by atoms with E-state index in [1.165, 1.54) is 11.3 Å². The molecule has 4 N–H and O–H groups in total. The number of nitrogens with two attached hydrogens (primary N) is 1. The Kier molecular flexibility index (Phi) is 3.72. The van der Waals surface area contributed by atoms with Gasteiger partial charge >= 0.3 is 0 Å². The summed E-state index contributed by atoms with van der Waals surface area (Å²) in [7, 11) is 0. The molecule has 1 amide bonds. The van der Waals surface area contributed by atoms with E-state index >= 15 is 0 Å². The number of amides is 1. The largest absolute Gasteiger partial charge is 0.361 e. The number of carbonyl (C=O) groups excluding carboxylic acids is 1. The second-order valence-electron chi connectivity index (χ2n) is 4.95. The summed E-state index contributed by atoms with van der Waals surface area (Å²) in [6.07, 6.45) is 2.39. The monoisotopic (exact) mass is 300 g/mol. The first-order chi connectivity index (χ1) is 10.1. The predicted octanol–water partition coefficient (Wildman–Crippen LogP) is 2.44. The van der Waals surface area contributed by atoms with Crippen molar-refractivity contribution < 1.29 is 4.79 Å². The lowest BCUT2D eigenvalue weighted by Gasteiger charge is -2.10. The van der Waals surface area contributed by atoms with Gasteiger partial charge in [0.25, 0.3) is 0 Å². The van der Waals surface area contributed by atoms with Crippen LogP contribution in [0, 0.1) is 6.92 Å². The summed E-state index contributed by atoms with van der Waals surface area (Å²) < 4.78 is 0. The molecule has 0 aliphatic rings. The second kappa shape index (κ2) is 5.67. The number of H-pyrrole nitrogens is 1. The summed E-state index contributed by atoms with van der Waals surface area (Å²) in [5, 5.41) is 6.34. The van der Waals surface area contributed by atoms with E-state index in [0.29, 0.717) is 11.6 Å². The van der Waals surface area contributed by atoms with Gasteiger partial charge in [0.2, 0.25) is 5.91 Å².